The molecule has 2 rings (SSSR count). The number of benzene rings is 1. The topological polar surface area (TPSA) is 97.6 Å². The van der Waals surface area contributed by atoms with Crippen molar-refractivity contribution in [2.24, 2.45) is 4.99 Å². The fraction of sp³-hybridized carbons (Fsp3) is 0.500. The summed E-state index contributed by atoms with van der Waals surface area (Å²) in [7, 11) is 1.61. The van der Waals surface area contributed by atoms with E-state index in [0.29, 0.717) is 48.5 Å². The SMILES string of the molecule is COCCOCCOc1ccc(C2=N[C@](C)(C(=O)O)CS2)c(O)c1. The molecule has 0 spiro atoms. The molecule has 7 nitrogen and oxygen atoms in total. The molecule has 0 saturated carbocycles. The number of methoxy groups -OCH3 is 1. The van der Waals surface area contributed by atoms with Crippen molar-refractivity contribution in [2.45, 2.75) is 12.5 Å². The van der Waals surface area contributed by atoms with Gasteiger partial charge in [-0.1, -0.05) is 0 Å². The summed E-state index contributed by atoms with van der Waals surface area (Å²) >= 11 is 1.32. The highest BCUT2D eigenvalue weighted by molar-refractivity contribution is 8.14. The van der Waals surface area contributed by atoms with E-state index in [0.717, 1.165) is 0 Å². The smallest absolute Gasteiger partial charge is 0.332 e. The first-order chi connectivity index (χ1) is 11.5. The summed E-state index contributed by atoms with van der Waals surface area (Å²) in [6.45, 7) is 3.38. The molecule has 0 aliphatic carbocycles. The molecule has 0 aromatic heterocycles. The molecular formula is C16H21NO6S. The minimum absolute atomic E-state index is 0.00805. The lowest BCUT2D eigenvalue weighted by Crippen LogP contribution is -2.33. The van der Waals surface area contributed by atoms with Gasteiger partial charge in [0.15, 0.2) is 5.54 Å². The van der Waals surface area contributed by atoms with Crippen LogP contribution in [-0.4, -0.2) is 66.1 Å². The van der Waals surface area contributed by atoms with E-state index in [1.165, 1.54) is 17.8 Å². The average Bonchev–Trinajstić information content (AvgIpc) is 2.94. The highest BCUT2D eigenvalue weighted by Gasteiger charge is 2.38. The van der Waals surface area contributed by atoms with Gasteiger partial charge in [-0.2, -0.15) is 0 Å². The molecule has 0 amide bonds. The molecule has 1 aromatic carbocycles. The molecule has 1 aliphatic rings. The molecule has 0 fully saturated rings. The summed E-state index contributed by atoms with van der Waals surface area (Å²) in [5.41, 5.74) is -0.644. The summed E-state index contributed by atoms with van der Waals surface area (Å²) in [6.07, 6.45) is 0. The first-order valence-corrected chi connectivity index (χ1v) is 8.44. The maximum absolute atomic E-state index is 11.2. The van der Waals surface area contributed by atoms with Gasteiger partial charge in [-0.05, 0) is 19.1 Å². The van der Waals surface area contributed by atoms with Crippen molar-refractivity contribution in [1.29, 1.82) is 0 Å². The number of aliphatic carboxylic acids is 1. The normalized spacial score (nSPS) is 20.0. The Morgan fingerprint density at radius 1 is 1.33 bits per heavy atom. The van der Waals surface area contributed by atoms with Crippen LogP contribution in [0.15, 0.2) is 23.2 Å². The summed E-state index contributed by atoms with van der Waals surface area (Å²) in [5.74, 6) is -0.114. The number of phenolic OH excluding ortho intramolecular Hbond substituents is 1. The van der Waals surface area contributed by atoms with Crippen molar-refractivity contribution in [3.05, 3.63) is 23.8 Å². The Morgan fingerprint density at radius 3 is 2.71 bits per heavy atom. The number of thioether (sulfide) groups is 1. The summed E-state index contributed by atoms with van der Waals surface area (Å²) in [6, 6.07) is 4.88. The van der Waals surface area contributed by atoms with Crippen LogP contribution in [0.4, 0.5) is 0 Å². The number of carboxylic acid groups (broad SMARTS) is 1. The summed E-state index contributed by atoms with van der Waals surface area (Å²) in [5, 5.41) is 19.9. The molecule has 0 bridgehead atoms. The number of hydrogen-bond donors (Lipinski definition) is 2. The van der Waals surface area contributed by atoms with Crippen LogP contribution < -0.4 is 4.74 Å². The van der Waals surface area contributed by atoms with Crippen molar-refractivity contribution < 1.29 is 29.2 Å². The van der Waals surface area contributed by atoms with Gasteiger partial charge in [0.25, 0.3) is 0 Å². The van der Waals surface area contributed by atoms with Crippen molar-refractivity contribution in [1.82, 2.24) is 0 Å². The van der Waals surface area contributed by atoms with Gasteiger partial charge in [0.1, 0.15) is 23.1 Å². The Bertz CT molecular complexity index is 621. The van der Waals surface area contributed by atoms with E-state index in [-0.39, 0.29) is 5.75 Å². The molecule has 24 heavy (non-hydrogen) atoms. The molecule has 1 heterocycles. The molecular weight excluding hydrogens is 334 g/mol. The van der Waals surface area contributed by atoms with Gasteiger partial charge in [0, 0.05) is 24.5 Å². The van der Waals surface area contributed by atoms with Gasteiger partial charge < -0.3 is 24.4 Å². The average molecular weight is 355 g/mol. The van der Waals surface area contributed by atoms with Gasteiger partial charge in [-0.25, -0.2) is 4.79 Å². The fourth-order valence-corrected chi connectivity index (χ4v) is 3.19. The second-order valence-electron chi connectivity index (χ2n) is 5.42. The van der Waals surface area contributed by atoms with Gasteiger partial charge in [-0.3, -0.25) is 4.99 Å². The minimum Gasteiger partial charge on any atom is -0.507 e. The predicted molar refractivity (Wildman–Crippen MR) is 91.3 cm³/mol. The van der Waals surface area contributed by atoms with Crippen LogP contribution in [0.25, 0.3) is 0 Å². The largest absolute Gasteiger partial charge is 0.507 e. The molecule has 132 valence electrons. The Morgan fingerprint density at radius 2 is 2.08 bits per heavy atom. The highest BCUT2D eigenvalue weighted by Crippen LogP contribution is 2.35. The zero-order valence-corrected chi connectivity index (χ0v) is 14.5. The number of nitrogens with zero attached hydrogens (tertiary/aromatic N) is 1. The standard InChI is InChI=1S/C16H21NO6S/c1-16(15(19)20)10-24-14(17-16)12-4-3-11(9-13(12)18)23-8-7-22-6-5-21-2/h3-4,9,18H,5-8,10H2,1-2H3,(H,19,20)/t16-/m0/s1. The quantitative estimate of drug-likeness (QED) is 0.652. The van der Waals surface area contributed by atoms with Crippen molar-refractivity contribution in [3.8, 4) is 11.5 Å². The molecule has 2 N–H and O–H groups in total. The Balaban J connectivity index is 1.94. The number of ether oxygens (including phenoxy) is 3. The number of rotatable bonds is 9. The minimum atomic E-state index is -1.15. The maximum Gasteiger partial charge on any atom is 0.332 e. The molecule has 0 radical (unpaired) electrons. The third kappa shape index (κ3) is 4.62. The molecule has 8 heteroatoms. The number of hydrogen-bond acceptors (Lipinski definition) is 7. The number of carboxylic acids is 1. The monoisotopic (exact) mass is 355 g/mol. The van der Waals surface area contributed by atoms with Crippen LogP contribution in [0.3, 0.4) is 0 Å². The number of aromatic hydroxyl groups is 1. The zero-order valence-electron chi connectivity index (χ0n) is 13.7. The zero-order chi connectivity index (χ0) is 17.6. The van der Waals surface area contributed by atoms with Gasteiger partial charge >= 0.3 is 5.97 Å². The van der Waals surface area contributed by atoms with Crippen LogP contribution in [0.1, 0.15) is 12.5 Å². The van der Waals surface area contributed by atoms with E-state index in [9.17, 15) is 15.0 Å². The summed E-state index contributed by atoms with van der Waals surface area (Å²) in [4.78, 5) is 15.5. The Labute approximate surface area is 144 Å². The number of aliphatic imine (C=N–C) groups is 1. The lowest BCUT2D eigenvalue weighted by molar-refractivity contribution is -0.141. The highest BCUT2D eigenvalue weighted by atomic mass is 32.2. The van der Waals surface area contributed by atoms with E-state index in [2.05, 4.69) is 4.99 Å². The van der Waals surface area contributed by atoms with Gasteiger partial charge in [-0.15, -0.1) is 11.8 Å². The Kier molecular flexibility index (Phi) is 6.47. The van der Waals surface area contributed by atoms with E-state index < -0.39 is 11.5 Å². The molecule has 1 aliphatic heterocycles. The van der Waals surface area contributed by atoms with Gasteiger partial charge in [0.05, 0.1) is 19.8 Å². The van der Waals surface area contributed by atoms with Crippen molar-refractivity contribution in [3.63, 3.8) is 0 Å². The summed E-state index contributed by atoms with van der Waals surface area (Å²) < 4.78 is 15.6. The van der Waals surface area contributed by atoms with Crippen LogP contribution in [0.2, 0.25) is 0 Å². The first kappa shape index (κ1) is 18.6. The molecule has 0 unspecified atom stereocenters. The van der Waals surface area contributed by atoms with E-state index >= 15 is 0 Å². The third-order valence-corrected chi connectivity index (χ3v) is 4.72. The van der Waals surface area contributed by atoms with Crippen LogP contribution >= 0.6 is 11.8 Å². The second-order valence-corrected chi connectivity index (χ2v) is 6.38. The molecule has 1 atom stereocenters. The van der Waals surface area contributed by atoms with E-state index in [1.54, 1.807) is 26.2 Å². The number of carbonyl (C=O) groups is 1. The van der Waals surface area contributed by atoms with Crippen LogP contribution in [0, 0.1) is 0 Å². The lowest BCUT2D eigenvalue weighted by atomic mass is 10.1. The fourth-order valence-electron chi connectivity index (χ4n) is 1.99. The van der Waals surface area contributed by atoms with Crippen molar-refractivity contribution in [2.75, 3.05) is 39.3 Å². The van der Waals surface area contributed by atoms with Crippen LogP contribution in [0.5, 0.6) is 11.5 Å². The first-order valence-electron chi connectivity index (χ1n) is 7.45. The van der Waals surface area contributed by atoms with Crippen molar-refractivity contribution >= 4 is 22.8 Å². The van der Waals surface area contributed by atoms with Gasteiger partial charge in [0.2, 0.25) is 0 Å². The second kappa shape index (κ2) is 8.36. The molecule has 1 aromatic rings. The predicted octanol–water partition coefficient (Wildman–Crippen LogP) is 1.77. The molecule has 0 saturated heterocycles. The number of phenols is 1. The van der Waals surface area contributed by atoms with E-state index in [4.69, 9.17) is 14.2 Å². The lowest BCUT2D eigenvalue weighted by Gasteiger charge is -2.11. The third-order valence-electron chi connectivity index (χ3n) is 3.43. The van der Waals surface area contributed by atoms with E-state index in [1.807, 2.05) is 0 Å². The maximum atomic E-state index is 11.2. The van der Waals surface area contributed by atoms with Crippen LogP contribution in [-0.2, 0) is 14.3 Å². The Hall–Kier alpha value is -1.77.